The van der Waals surface area contributed by atoms with Crippen molar-refractivity contribution in [2.75, 3.05) is 0 Å². The predicted octanol–water partition coefficient (Wildman–Crippen LogP) is 3.09. The summed E-state index contributed by atoms with van der Waals surface area (Å²) in [6.07, 6.45) is 5.68. The Balaban J connectivity index is 1.46. The van der Waals surface area contributed by atoms with Crippen molar-refractivity contribution >= 4 is 18.4 Å². The molecular weight excluding hydrogens is 325 g/mol. The van der Waals surface area contributed by atoms with Crippen LogP contribution >= 0.6 is 0 Å². The predicted molar refractivity (Wildman–Crippen MR) is 104 cm³/mol. The van der Waals surface area contributed by atoms with Crippen molar-refractivity contribution in [3.8, 4) is 0 Å². The van der Waals surface area contributed by atoms with Gasteiger partial charge in [-0.2, -0.15) is 0 Å². The summed E-state index contributed by atoms with van der Waals surface area (Å²) in [6, 6.07) is 8.91. The monoisotopic (exact) mass is 355 g/mol. The third-order valence-electron chi connectivity index (χ3n) is 6.81. The van der Waals surface area contributed by atoms with Crippen molar-refractivity contribution in [2.45, 2.75) is 83.1 Å². The van der Waals surface area contributed by atoms with Crippen molar-refractivity contribution in [3.63, 3.8) is 0 Å². The first-order valence-corrected chi connectivity index (χ1v) is 10.0. The van der Waals surface area contributed by atoms with Crippen LogP contribution in [0.3, 0.4) is 0 Å². The normalized spacial score (nSPS) is 32.5. The average Bonchev–Trinajstić information content (AvgIpc) is 2.82. The van der Waals surface area contributed by atoms with Gasteiger partial charge in [0.2, 0.25) is 0 Å². The number of hydrogen-bond donors (Lipinski definition) is 1. The summed E-state index contributed by atoms with van der Waals surface area (Å²) in [5, 5.41) is 3.67. The zero-order valence-electron chi connectivity index (χ0n) is 16.4. The number of hydrogen-bond acceptors (Lipinski definition) is 4. The molecule has 1 aromatic rings. The summed E-state index contributed by atoms with van der Waals surface area (Å²) in [5.74, 6) is 0.457. The number of carbonyl (C=O) groups excluding carboxylic acids is 1. The average molecular weight is 355 g/mol. The van der Waals surface area contributed by atoms with Crippen LogP contribution in [0.5, 0.6) is 0 Å². The molecule has 0 aliphatic carbocycles. The molecule has 2 bridgehead atoms. The van der Waals surface area contributed by atoms with E-state index in [2.05, 4.69) is 33.0 Å². The third-order valence-corrected chi connectivity index (χ3v) is 6.81. The molecule has 0 spiro atoms. The van der Waals surface area contributed by atoms with Gasteiger partial charge in [0.15, 0.2) is 5.78 Å². The van der Waals surface area contributed by atoms with Gasteiger partial charge in [0.25, 0.3) is 0 Å². The lowest BCUT2D eigenvalue weighted by atomic mass is 9.76. The summed E-state index contributed by atoms with van der Waals surface area (Å²) in [6.45, 7) is 8.22. The molecule has 1 aromatic carbocycles. The van der Waals surface area contributed by atoms with E-state index in [1.807, 2.05) is 24.3 Å². The van der Waals surface area contributed by atoms with Gasteiger partial charge in [0.05, 0.1) is 11.2 Å². The van der Waals surface area contributed by atoms with Crippen LogP contribution in [0.15, 0.2) is 24.3 Å². The maximum Gasteiger partial charge on any atom is 0.494 e. The van der Waals surface area contributed by atoms with Gasteiger partial charge in [-0.25, -0.2) is 0 Å². The van der Waals surface area contributed by atoms with Gasteiger partial charge in [-0.1, -0.05) is 30.7 Å². The van der Waals surface area contributed by atoms with Crippen LogP contribution < -0.4 is 10.8 Å². The van der Waals surface area contributed by atoms with Crippen molar-refractivity contribution in [1.82, 2.24) is 5.32 Å². The van der Waals surface area contributed by atoms with E-state index < -0.39 is 0 Å². The highest BCUT2D eigenvalue weighted by molar-refractivity contribution is 6.62. The molecule has 5 heteroatoms. The summed E-state index contributed by atoms with van der Waals surface area (Å²) in [5.41, 5.74) is 1.09. The maximum atomic E-state index is 13.0. The van der Waals surface area contributed by atoms with Gasteiger partial charge in [-0.15, -0.1) is 0 Å². The van der Waals surface area contributed by atoms with Crippen LogP contribution in [0.4, 0.5) is 0 Å². The Bertz CT molecular complexity index is 657. The lowest BCUT2D eigenvalue weighted by molar-refractivity contribution is 0.00578. The Morgan fingerprint density at radius 3 is 2.08 bits per heavy atom. The largest absolute Gasteiger partial charge is 0.494 e. The summed E-state index contributed by atoms with van der Waals surface area (Å²) in [4.78, 5) is 13.0. The van der Waals surface area contributed by atoms with Crippen LogP contribution in [0.1, 0.15) is 70.2 Å². The Kier molecular flexibility index (Phi) is 4.53. The second-order valence-electron chi connectivity index (χ2n) is 9.23. The number of ketones is 1. The molecule has 3 aliphatic heterocycles. The third kappa shape index (κ3) is 3.25. The van der Waals surface area contributed by atoms with E-state index in [0.29, 0.717) is 17.9 Å². The molecule has 3 heterocycles. The van der Waals surface area contributed by atoms with Gasteiger partial charge in [0, 0.05) is 23.6 Å². The lowest BCUT2D eigenvalue weighted by Gasteiger charge is -2.39. The molecule has 3 fully saturated rings. The number of fused-ring (bicyclic) bond motifs is 2. The molecule has 26 heavy (non-hydrogen) atoms. The Hall–Kier alpha value is -1.17. The van der Waals surface area contributed by atoms with E-state index in [0.717, 1.165) is 23.9 Å². The van der Waals surface area contributed by atoms with E-state index >= 15 is 0 Å². The van der Waals surface area contributed by atoms with Crippen molar-refractivity contribution in [2.24, 2.45) is 5.92 Å². The van der Waals surface area contributed by atoms with Gasteiger partial charge >= 0.3 is 7.12 Å². The number of carbonyl (C=O) groups is 1. The summed E-state index contributed by atoms with van der Waals surface area (Å²) in [7, 11) is -0.373. The highest BCUT2D eigenvalue weighted by atomic mass is 16.7. The molecule has 0 amide bonds. The van der Waals surface area contributed by atoms with Crippen LogP contribution in [-0.2, 0) is 9.31 Å². The molecule has 0 saturated carbocycles. The number of benzene rings is 1. The van der Waals surface area contributed by atoms with Crippen molar-refractivity contribution < 1.29 is 14.1 Å². The fourth-order valence-corrected chi connectivity index (χ4v) is 4.50. The zero-order valence-corrected chi connectivity index (χ0v) is 16.4. The van der Waals surface area contributed by atoms with Gasteiger partial charge in [-0.05, 0) is 58.8 Å². The minimum atomic E-state index is -0.373. The molecule has 4 rings (SSSR count). The lowest BCUT2D eigenvalue weighted by Crippen LogP contribution is -2.50. The first-order valence-electron chi connectivity index (χ1n) is 10.0. The molecule has 2 unspecified atom stereocenters. The standard InChI is InChI=1S/C21H30BNO3/c1-20(2)21(3,4)26-22(25-20)16-10-8-14(9-11-16)19(24)15-12-17-6-5-7-18(13-15)23-17/h8-11,15,17-18,23H,5-7,12-13H2,1-4H3. The topological polar surface area (TPSA) is 47.6 Å². The van der Waals surface area contributed by atoms with Crippen LogP contribution in [0.2, 0.25) is 0 Å². The van der Waals surface area contributed by atoms with Gasteiger partial charge in [0.1, 0.15) is 0 Å². The van der Waals surface area contributed by atoms with E-state index in [4.69, 9.17) is 9.31 Å². The van der Waals surface area contributed by atoms with E-state index in [1.165, 1.54) is 19.3 Å². The van der Waals surface area contributed by atoms with Crippen LogP contribution in [-0.4, -0.2) is 36.2 Å². The molecule has 1 N–H and O–H groups in total. The number of nitrogens with one attached hydrogen (secondary N) is 1. The van der Waals surface area contributed by atoms with Crippen molar-refractivity contribution in [3.05, 3.63) is 29.8 Å². The molecule has 140 valence electrons. The Labute approximate surface area is 157 Å². The minimum absolute atomic E-state index is 0.161. The number of piperidine rings is 2. The first kappa shape index (κ1) is 18.2. The molecule has 0 aromatic heterocycles. The quantitative estimate of drug-likeness (QED) is 0.669. The number of Topliss-reactive ketones (excluding diaryl/α,β-unsaturated/α-hetero) is 1. The SMILES string of the molecule is CC1(C)OB(c2ccc(C(=O)C3CC4CCCC(C3)N4)cc2)OC1(C)C. The molecule has 2 atom stereocenters. The Morgan fingerprint density at radius 2 is 1.54 bits per heavy atom. The fourth-order valence-electron chi connectivity index (χ4n) is 4.50. The maximum absolute atomic E-state index is 13.0. The molecule has 4 nitrogen and oxygen atoms in total. The smallest absolute Gasteiger partial charge is 0.399 e. The molecular formula is C21H30BNO3. The fraction of sp³-hybridized carbons (Fsp3) is 0.667. The number of rotatable bonds is 3. The highest BCUT2D eigenvalue weighted by Gasteiger charge is 2.51. The second-order valence-corrected chi connectivity index (χ2v) is 9.23. The van der Waals surface area contributed by atoms with Crippen LogP contribution in [0, 0.1) is 5.92 Å². The van der Waals surface area contributed by atoms with Gasteiger partial charge < -0.3 is 14.6 Å². The van der Waals surface area contributed by atoms with E-state index in [-0.39, 0.29) is 24.2 Å². The van der Waals surface area contributed by atoms with Crippen LogP contribution in [0.25, 0.3) is 0 Å². The van der Waals surface area contributed by atoms with E-state index in [9.17, 15) is 4.79 Å². The summed E-state index contributed by atoms with van der Waals surface area (Å²) < 4.78 is 12.2. The second kappa shape index (κ2) is 6.47. The highest BCUT2D eigenvalue weighted by Crippen LogP contribution is 2.36. The van der Waals surface area contributed by atoms with Gasteiger partial charge in [-0.3, -0.25) is 4.79 Å². The summed E-state index contributed by atoms with van der Waals surface area (Å²) >= 11 is 0. The van der Waals surface area contributed by atoms with Crippen molar-refractivity contribution in [1.29, 1.82) is 0 Å². The molecule has 3 saturated heterocycles. The minimum Gasteiger partial charge on any atom is -0.399 e. The Morgan fingerprint density at radius 1 is 1.00 bits per heavy atom. The first-order chi connectivity index (χ1) is 12.2. The zero-order chi connectivity index (χ0) is 18.5. The van der Waals surface area contributed by atoms with E-state index in [1.54, 1.807) is 0 Å². The molecule has 3 aliphatic rings. The molecule has 0 radical (unpaired) electrons.